The number of rotatable bonds is 11. The molecule has 3 atom stereocenters. The lowest BCUT2D eigenvalue weighted by atomic mass is 9.85. The number of allylic oxidation sites excluding steroid dienone is 2. The summed E-state index contributed by atoms with van der Waals surface area (Å²) in [5.41, 5.74) is -0.679. The van der Waals surface area contributed by atoms with Crippen LogP contribution in [0.3, 0.4) is 0 Å². The number of alkyl halides is 1. The Morgan fingerprint density at radius 1 is 1.12 bits per heavy atom. The molecule has 1 aliphatic carbocycles. The molecule has 0 aromatic heterocycles. The SMILES string of the molecule is CCOP(=O)(OCC)[C@@H]1C=CC[C@@H]2C(=O)N(CCCCCCI)C(=O)[C@@H]21. The van der Waals surface area contributed by atoms with E-state index in [0.29, 0.717) is 13.0 Å². The summed E-state index contributed by atoms with van der Waals surface area (Å²) in [5, 5.41) is 0. The maximum absolute atomic E-state index is 13.2. The van der Waals surface area contributed by atoms with Gasteiger partial charge in [0.25, 0.3) is 0 Å². The van der Waals surface area contributed by atoms with Gasteiger partial charge in [0.1, 0.15) is 0 Å². The van der Waals surface area contributed by atoms with Crippen LogP contribution in [0, 0.1) is 11.8 Å². The summed E-state index contributed by atoms with van der Waals surface area (Å²) in [5.74, 6) is -1.43. The van der Waals surface area contributed by atoms with E-state index in [1.54, 1.807) is 19.9 Å². The zero-order valence-electron chi connectivity index (χ0n) is 15.6. The maximum Gasteiger partial charge on any atom is 0.338 e. The van der Waals surface area contributed by atoms with Gasteiger partial charge in [0, 0.05) is 6.54 Å². The first-order valence-corrected chi connectivity index (χ1v) is 12.6. The van der Waals surface area contributed by atoms with Crippen molar-refractivity contribution in [1.29, 1.82) is 0 Å². The van der Waals surface area contributed by atoms with Crippen LogP contribution in [0.4, 0.5) is 0 Å². The molecule has 2 rings (SSSR count). The van der Waals surface area contributed by atoms with Crippen LogP contribution < -0.4 is 0 Å². The second-order valence-electron chi connectivity index (χ2n) is 6.59. The van der Waals surface area contributed by atoms with Crippen molar-refractivity contribution in [3.05, 3.63) is 12.2 Å². The normalized spacial score (nSPS) is 25.8. The second-order valence-corrected chi connectivity index (χ2v) is 9.86. The van der Waals surface area contributed by atoms with Crippen LogP contribution in [-0.4, -0.2) is 46.6 Å². The smallest absolute Gasteiger partial charge is 0.308 e. The maximum atomic E-state index is 13.2. The Kier molecular flexibility index (Phi) is 8.77. The van der Waals surface area contributed by atoms with Crippen LogP contribution >= 0.6 is 30.2 Å². The van der Waals surface area contributed by atoms with Crippen molar-refractivity contribution in [2.45, 2.75) is 51.6 Å². The number of fused-ring (bicyclic) bond motifs is 1. The Labute approximate surface area is 169 Å². The third-order valence-electron chi connectivity index (χ3n) is 4.91. The fourth-order valence-corrected chi connectivity index (χ4v) is 6.48. The highest BCUT2D eigenvalue weighted by Gasteiger charge is 2.56. The van der Waals surface area contributed by atoms with E-state index in [9.17, 15) is 14.2 Å². The van der Waals surface area contributed by atoms with E-state index in [2.05, 4.69) is 22.6 Å². The average Bonchev–Trinajstić information content (AvgIpc) is 2.86. The van der Waals surface area contributed by atoms with Gasteiger partial charge in [0.05, 0.1) is 30.7 Å². The summed E-state index contributed by atoms with van der Waals surface area (Å²) in [4.78, 5) is 27.1. The Morgan fingerprint density at radius 3 is 2.38 bits per heavy atom. The number of halogens is 1. The number of imide groups is 1. The standard InChI is InChI=1S/C18H29INO5P/c1-3-24-26(23,25-4-2)15-11-9-10-14-16(15)18(22)20(17(14)21)13-8-6-5-7-12-19/h9,11,14-16H,3-8,10,12-13H2,1-2H3/t14-,15+,16-/m0/s1. The fourth-order valence-electron chi connectivity index (χ4n) is 3.74. The van der Waals surface area contributed by atoms with Crippen LogP contribution in [0.25, 0.3) is 0 Å². The van der Waals surface area contributed by atoms with Gasteiger partial charge in [-0.1, -0.05) is 47.6 Å². The van der Waals surface area contributed by atoms with Crippen molar-refractivity contribution < 1.29 is 23.2 Å². The summed E-state index contributed by atoms with van der Waals surface area (Å²) in [7, 11) is -3.48. The first-order valence-electron chi connectivity index (χ1n) is 9.46. The highest BCUT2D eigenvalue weighted by atomic mass is 127. The van der Waals surface area contributed by atoms with Gasteiger partial charge in [-0.05, 0) is 37.5 Å². The monoisotopic (exact) mass is 497 g/mol. The zero-order valence-corrected chi connectivity index (χ0v) is 18.6. The minimum absolute atomic E-state index is 0.136. The predicted octanol–water partition coefficient (Wildman–Crippen LogP) is 4.18. The molecule has 0 aromatic carbocycles. The van der Waals surface area contributed by atoms with E-state index in [1.807, 2.05) is 6.08 Å². The zero-order chi connectivity index (χ0) is 19.2. The summed E-state index contributed by atoms with van der Waals surface area (Å²) in [6, 6.07) is 0. The summed E-state index contributed by atoms with van der Waals surface area (Å²) in [6.45, 7) is 4.42. The number of unbranched alkanes of at least 4 members (excludes halogenated alkanes) is 3. The molecule has 1 aliphatic heterocycles. The molecule has 0 aromatic rings. The third-order valence-corrected chi connectivity index (χ3v) is 8.13. The van der Waals surface area contributed by atoms with E-state index >= 15 is 0 Å². The van der Waals surface area contributed by atoms with Crippen molar-refractivity contribution >= 4 is 42.0 Å². The molecular weight excluding hydrogens is 468 g/mol. The summed E-state index contributed by atoms with van der Waals surface area (Å²) < 4.78 is 25.3. The van der Waals surface area contributed by atoms with Crippen LogP contribution in [0.15, 0.2) is 12.2 Å². The molecule has 0 radical (unpaired) electrons. The number of hydrogen-bond acceptors (Lipinski definition) is 5. The van der Waals surface area contributed by atoms with E-state index < -0.39 is 25.1 Å². The Morgan fingerprint density at radius 2 is 1.77 bits per heavy atom. The van der Waals surface area contributed by atoms with E-state index in [1.165, 1.54) is 4.90 Å². The minimum atomic E-state index is -3.48. The quantitative estimate of drug-likeness (QED) is 0.107. The van der Waals surface area contributed by atoms with Crippen molar-refractivity contribution in [1.82, 2.24) is 4.90 Å². The average molecular weight is 497 g/mol. The molecule has 2 aliphatic rings. The number of amides is 2. The van der Waals surface area contributed by atoms with Gasteiger partial charge in [-0.3, -0.25) is 19.1 Å². The molecule has 0 bridgehead atoms. The van der Waals surface area contributed by atoms with Crippen molar-refractivity contribution in [2.24, 2.45) is 11.8 Å². The molecule has 2 amide bonds. The molecule has 148 valence electrons. The Bertz CT molecular complexity index is 572. The van der Waals surface area contributed by atoms with Crippen LogP contribution in [0.5, 0.6) is 0 Å². The number of hydrogen-bond donors (Lipinski definition) is 0. The first kappa shape index (κ1) is 22.1. The fraction of sp³-hybridized carbons (Fsp3) is 0.778. The van der Waals surface area contributed by atoms with Gasteiger partial charge in [0.2, 0.25) is 11.8 Å². The highest BCUT2D eigenvalue weighted by molar-refractivity contribution is 14.1. The van der Waals surface area contributed by atoms with E-state index in [-0.39, 0.29) is 25.0 Å². The Balaban J connectivity index is 2.13. The largest absolute Gasteiger partial charge is 0.338 e. The lowest BCUT2D eigenvalue weighted by molar-refractivity contribution is -0.139. The highest BCUT2D eigenvalue weighted by Crippen LogP contribution is 2.59. The molecule has 26 heavy (non-hydrogen) atoms. The van der Waals surface area contributed by atoms with Crippen molar-refractivity contribution in [2.75, 3.05) is 24.2 Å². The molecular formula is C18H29INO5P. The molecule has 0 saturated carbocycles. The van der Waals surface area contributed by atoms with Gasteiger partial charge in [-0.25, -0.2) is 0 Å². The lowest BCUT2D eigenvalue weighted by Gasteiger charge is -2.31. The molecule has 6 nitrogen and oxygen atoms in total. The van der Waals surface area contributed by atoms with Crippen molar-refractivity contribution in [3.63, 3.8) is 0 Å². The topological polar surface area (TPSA) is 72.9 Å². The van der Waals surface area contributed by atoms with E-state index in [4.69, 9.17) is 9.05 Å². The van der Waals surface area contributed by atoms with Gasteiger partial charge >= 0.3 is 7.60 Å². The van der Waals surface area contributed by atoms with Crippen LogP contribution in [-0.2, 0) is 23.2 Å². The minimum Gasteiger partial charge on any atom is -0.308 e. The number of carbonyl (C=O) groups is 2. The van der Waals surface area contributed by atoms with Gasteiger partial charge in [-0.2, -0.15) is 0 Å². The van der Waals surface area contributed by atoms with Gasteiger partial charge in [-0.15, -0.1) is 0 Å². The van der Waals surface area contributed by atoms with Crippen LogP contribution in [0.2, 0.25) is 0 Å². The third kappa shape index (κ3) is 4.78. The molecule has 1 fully saturated rings. The molecule has 0 unspecified atom stereocenters. The molecule has 1 heterocycles. The first-order chi connectivity index (χ1) is 12.5. The molecule has 0 N–H and O–H groups in total. The van der Waals surface area contributed by atoms with Gasteiger partial charge < -0.3 is 9.05 Å². The number of likely N-dealkylation sites (tertiary alicyclic amines) is 1. The molecule has 8 heteroatoms. The number of nitrogens with zero attached hydrogens (tertiary/aromatic N) is 1. The second kappa shape index (κ2) is 10.3. The lowest BCUT2D eigenvalue weighted by Crippen LogP contribution is -2.35. The van der Waals surface area contributed by atoms with Crippen LogP contribution in [0.1, 0.15) is 46.0 Å². The van der Waals surface area contributed by atoms with Crippen molar-refractivity contribution in [3.8, 4) is 0 Å². The predicted molar refractivity (Wildman–Crippen MR) is 109 cm³/mol. The molecule has 1 saturated heterocycles. The molecule has 0 spiro atoms. The van der Waals surface area contributed by atoms with E-state index in [0.717, 1.165) is 30.1 Å². The van der Waals surface area contributed by atoms with Gasteiger partial charge in [0.15, 0.2) is 0 Å². The number of carbonyl (C=O) groups excluding carboxylic acids is 2. The Hall–Kier alpha value is -0.240. The summed E-state index contributed by atoms with van der Waals surface area (Å²) >= 11 is 2.35. The summed E-state index contributed by atoms with van der Waals surface area (Å²) in [6.07, 6.45) is 8.20.